The van der Waals surface area contributed by atoms with Crippen molar-refractivity contribution in [2.75, 3.05) is 0 Å². The smallest absolute Gasteiger partial charge is 0.336 e. The highest BCUT2D eigenvalue weighted by Crippen LogP contribution is 2.28. The van der Waals surface area contributed by atoms with Gasteiger partial charge in [0.25, 0.3) is 0 Å². The number of fused-ring (bicyclic) bond motifs is 1. The first-order valence-electron chi connectivity index (χ1n) is 7.65. The molecule has 0 fully saturated rings. The molecule has 0 amide bonds. The predicted molar refractivity (Wildman–Crippen MR) is 86.7 cm³/mol. The number of aryl methyl sites for hydroxylation is 1. The molecule has 0 radical (unpaired) electrons. The number of unbranched alkanes of at least 4 members (excludes halogenated alkanes) is 1. The molecule has 0 aliphatic rings. The highest BCUT2D eigenvalue weighted by atomic mass is 16.4. The number of aromatic hydroxyl groups is 1. The number of phenolic OH excluding ortho intramolecular Hbond substituents is 1. The fraction of sp³-hybridized carbons (Fsp3) is 0.412. The Kier molecular flexibility index (Phi) is 5.39. The molecule has 0 saturated heterocycles. The van der Waals surface area contributed by atoms with E-state index in [1.54, 1.807) is 13.0 Å². The maximum absolute atomic E-state index is 11.6. The van der Waals surface area contributed by atoms with Crippen molar-refractivity contribution < 1.29 is 19.4 Å². The minimum atomic E-state index is -0.934. The third kappa shape index (κ3) is 3.90. The molecule has 0 saturated carbocycles. The van der Waals surface area contributed by atoms with Crippen molar-refractivity contribution in [1.29, 1.82) is 0 Å². The molecule has 6 nitrogen and oxygen atoms in total. The standard InChI is InChI=1S/C17H21NO5/c1-3-4-5-13(17(21)22)18-9-12-14(19)7-6-11-10(2)8-15(20)23-16(11)12/h6-8,13,18-19H,3-5,9H2,1-2H3,(H,21,22)/t13-/m0/s1. The van der Waals surface area contributed by atoms with Gasteiger partial charge in [-0.2, -0.15) is 0 Å². The lowest BCUT2D eigenvalue weighted by molar-refractivity contribution is -0.139. The summed E-state index contributed by atoms with van der Waals surface area (Å²) in [6.45, 7) is 3.89. The van der Waals surface area contributed by atoms with Gasteiger partial charge in [-0.3, -0.25) is 4.79 Å². The van der Waals surface area contributed by atoms with E-state index in [2.05, 4.69) is 5.32 Å². The SMILES string of the molecule is CCCC[C@H](NCc1c(O)ccc2c(C)cc(=O)oc12)C(=O)O. The van der Waals surface area contributed by atoms with Crippen LogP contribution in [0.25, 0.3) is 11.0 Å². The Morgan fingerprint density at radius 1 is 1.39 bits per heavy atom. The molecule has 1 aromatic heterocycles. The average Bonchev–Trinajstić information content (AvgIpc) is 2.48. The first-order valence-corrected chi connectivity index (χ1v) is 7.65. The van der Waals surface area contributed by atoms with Gasteiger partial charge in [-0.1, -0.05) is 19.8 Å². The van der Waals surface area contributed by atoms with Gasteiger partial charge in [-0.15, -0.1) is 0 Å². The highest BCUT2D eigenvalue weighted by molar-refractivity contribution is 5.85. The first-order chi connectivity index (χ1) is 10.9. The van der Waals surface area contributed by atoms with Crippen molar-refractivity contribution >= 4 is 16.9 Å². The maximum Gasteiger partial charge on any atom is 0.336 e. The van der Waals surface area contributed by atoms with E-state index in [4.69, 9.17) is 4.42 Å². The van der Waals surface area contributed by atoms with E-state index >= 15 is 0 Å². The molecule has 2 rings (SSSR count). The predicted octanol–water partition coefficient (Wildman–Crippen LogP) is 2.54. The van der Waals surface area contributed by atoms with Crippen LogP contribution in [0.1, 0.15) is 37.3 Å². The Hall–Kier alpha value is -2.34. The van der Waals surface area contributed by atoms with Crippen molar-refractivity contribution in [2.45, 2.75) is 45.7 Å². The molecule has 2 aromatic rings. The number of aliphatic carboxylic acids is 1. The summed E-state index contributed by atoms with van der Waals surface area (Å²) in [5, 5.41) is 23.0. The average molecular weight is 319 g/mol. The van der Waals surface area contributed by atoms with Crippen molar-refractivity contribution in [1.82, 2.24) is 5.32 Å². The van der Waals surface area contributed by atoms with Gasteiger partial charge in [0.05, 0.1) is 5.56 Å². The van der Waals surface area contributed by atoms with Gasteiger partial charge < -0.3 is 19.9 Å². The van der Waals surface area contributed by atoms with Crippen LogP contribution in [0.5, 0.6) is 5.75 Å². The van der Waals surface area contributed by atoms with Gasteiger partial charge >= 0.3 is 11.6 Å². The first kappa shape index (κ1) is 17.0. The number of nitrogens with one attached hydrogen (secondary N) is 1. The molecule has 0 aliphatic carbocycles. The summed E-state index contributed by atoms with van der Waals surface area (Å²) in [4.78, 5) is 22.9. The van der Waals surface area contributed by atoms with Crippen LogP contribution in [-0.2, 0) is 11.3 Å². The summed E-state index contributed by atoms with van der Waals surface area (Å²) >= 11 is 0. The molecular weight excluding hydrogens is 298 g/mol. The summed E-state index contributed by atoms with van der Waals surface area (Å²) in [6.07, 6.45) is 2.19. The van der Waals surface area contributed by atoms with Crippen molar-refractivity contribution in [2.24, 2.45) is 0 Å². The van der Waals surface area contributed by atoms with Gasteiger partial charge in [0.15, 0.2) is 0 Å². The van der Waals surface area contributed by atoms with Crippen LogP contribution in [0, 0.1) is 6.92 Å². The van der Waals surface area contributed by atoms with E-state index in [-0.39, 0.29) is 12.3 Å². The lowest BCUT2D eigenvalue weighted by atomic mass is 10.0. The Morgan fingerprint density at radius 3 is 2.78 bits per heavy atom. The van der Waals surface area contributed by atoms with Crippen LogP contribution < -0.4 is 10.9 Å². The zero-order chi connectivity index (χ0) is 17.0. The van der Waals surface area contributed by atoms with Crippen LogP contribution in [-0.4, -0.2) is 22.2 Å². The molecule has 0 unspecified atom stereocenters. The minimum absolute atomic E-state index is 0.0293. The third-order valence-corrected chi connectivity index (χ3v) is 3.87. The van der Waals surface area contributed by atoms with Crippen LogP contribution in [0.2, 0.25) is 0 Å². The largest absolute Gasteiger partial charge is 0.507 e. The Balaban J connectivity index is 2.33. The van der Waals surface area contributed by atoms with Crippen LogP contribution in [0.3, 0.4) is 0 Å². The molecule has 124 valence electrons. The maximum atomic E-state index is 11.6. The molecular formula is C17H21NO5. The van der Waals surface area contributed by atoms with E-state index in [0.29, 0.717) is 17.6 Å². The molecule has 0 bridgehead atoms. The van der Waals surface area contributed by atoms with E-state index in [9.17, 15) is 19.8 Å². The molecule has 1 aromatic carbocycles. The normalized spacial score (nSPS) is 12.4. The number of carboxylic acids is 1. The topological polar surface area (TPSA) is 99.8 Å². The van der Waals surface area contributed by atoms with Gasteiger partial charge in [-0.25, -0.2) is 4.79 Å². The molecule has 23 heavy (non-hydrogen) atoms. The molecule has 0 spiro atoms. The fourth-order valence-electron chi connectivity index (χ4n) is 2.55. The fourth-order valence-corrected chi connectivity index (χ4v) is 2.55. The quantitative estimate of drug-likeness (QED) is 0.678. The van der Waals surface area contributed by atoms with Crippen LogP contribution in [0.15, 0.2) is 27.4 Å². The van der Waals surface area contributed by atoms with Gasteiger partial charge in [0, 0.05) is 18.0 Å². The molecule has 0 aliphatic heterocycles. The zero-order valence-electron chi connectivity index (χ0n) is 13.3. The Bertz CT molecular complexity index is 765. The number of hydrogen-bond donors (Lipinski definition) is 3. The Morgan fingerprint density at radius 2 is 2.13 bits per heavy atom. The highest BCUT2D eigenvalue weighted by Gasteiger charge is 2.18. The summed E-state index contributed by atoms with van der Waals surface area (Å²) in [7, 11) is 0. The third-order valence-electron chi connectivity index (χ3n) is 3.87. The Labute approximate surface area is 133 Å². The molecule has 6 heteroatoms. The van der Waals surface area contributed by atoms with Crippen LogP contribution >= 0.6 is 0 Å². The lowest BCUT2D eigenvalue weighted by Gasteiger charge is -2.15. The zero-order valence-corrected chi connectivity index (χ0v) is 13.3. The second-order valence-electron chi connectivity index (χ2n) is 5.60. The number of phenols is 1. The number of hydrogen-bond acceptors (Lipinski definition) is 5. The number of carboxylic acid groups (broad SMARTS) is 1. The summed E-state index contributed by atoms with van der Waals surface area (Å²) in [6, 6.07) is 3.88. The van der Waals surface area contributed by atoms with Crippen molar-refractivity contribution in [3.05, 3.63) is 39.7 Å². The van der Waals surface area contributed by atoms with Gasteiger partial charge in [-0.05, 0) is 31.0 Å². The minimum Gasteiger partial charge on any atom is -0.507 e. The van der Waals surface area contributed by atoms with E-state index in [0.717, 1.165) is 23.8 Å². The molecule has 1 heterocycles. The van der Waals surface area contributed by atoms with E-state index in [1.165, 1.54) is 12.1 Å². The van der Waals surface area contributed by atoms with Crippen molar-refractivity contribution in [3.8, 4) is 5.75 Å². The summed E-state index contributed by atoms with van der Waals surface area (Å²) in [5.41, 5.74) is 0.939. The van der Waals surface area contributed by atoms with Gasteiger partial charge in [0.2, 0.25) is 0 Å². The monoisotopic (exact) mass is 319 g/mol. The van der Waals surface area contributed by atoms with Crippen LogP contribution in [0.4, 0.5) is 0 Å². The number of rotatable bonds is 7. The molecule has 3 N–H and O–H groups in total. The molecule has 1 atom stereocenters. The summed E-state index contributed by atoms with van der Waals surface area (Å²) in [5.74, 6) is -0.964. The lowest BCUT2D eigenvalue weighted by Crippen LogP contribution is -2.36. The number of benzene rings is 1. The van der Waals surface area contributed by atoms with Gasteiger partial charge in [0.1, 0.15) is 17.4 Å². The van der Waals surface area contributed by atoms with E-state index in [1.807, 2.05) is 6.92 Å². The summed E-state index contributed by atoms with van der Waals surface area (Å²) < 4.78 is 5.23. The second-order valence-corrected chi connectivity index (χ2v) is 5.60. The van der Waals surface area contributed by atoms with Crippen molar-refractivity contribution in [3.63, 3.8) is 0 Å². The second kappa shape index (κ2) is 7.28. The number of carbonyl (C=O) groups is 1. The van der Waals surface area contributed by atoms with E-state index < -0.39 is 17.6 Å².